The maximum absolute atomic E-state index is 11.2. The fraction of sp³-hybridized carbons (Fsp3) is 0.375. The molecule has 2 heterocycles. The first-order chi connectivity index (χ1) is 14.1. The van der Waals surface area contributed by atoms with E-state index < -0.39 is 0 Å². The number of fused-ring (bicyclic) bond motifs is 1. The summed E-state index contributed by atoms with van der Waals surface area (Å²) in [5.41, 5.74) is 3.83. The minimum absolute atomic E-state index is 0.0102. The lowest BCUT2D eigenvalue weighted by molar-refractivity contribution is -0.119. The van der Waals surface area contributed by atoms with Crippen molar-refractivity contribution in [3.8, 4) is 0 Å². The van der Waals surface area contributed by atoms with E-state index >= 15 is 0 Å². The number of hydrogen-bond donors (Lipinski definition) is 1. The molecule has 0 radical (unpaired) electrons. The molecule has 1 aliphatic heterocycles. The van der Waals surface area contributed by atoms with Crippen LogP contribution in [0.3, 0.4) is 0 Å². The topological polar surface area (TPSA) is 37.3 Å². The number of carbonyl (C=O) groups excluding carboxylic acids is 1. The van der Waals surface area contributed by atoms with E-state index in [1.165, 1.54) is 29.3 Å². The van der Waals surface area contributed by atoms with Crippen LogP contribution in [0.15, 0.2) is 59.2 Å². The Bertz CT molecular complexity index is 971. The highest BCUT2D eigenvalue weighted by Gasteiger charge is 2.21. The van der Waals surface area contributed by atoms with Gasteiger partial charge in [-0.25, -0.2) is 0 Å². The molecule has 0 unspecified atom stereocenters. The normalized spacial score (nSPS) is 15.7. The van der Waals surface area contributed by atoms with Gasteiger partial charge in [-0.2, -0.15) is 0 Å². The quantitative estimate of drug-likeness (QED) is 0.574. The molecule has 4 rings (SSSR count). The molecule has 1 aromatic heterocycles. The molecular formula is C24H28BrN3O. The smallest absolute Gasteiger partial charge is 0.217 e. The molecule has 0 bridgehead atoms. The van der Waals surface area contributed by atoms with Crippen LogP contribution in [-0.2, 0) is 17.8 Å². The van der Waals surface area contributed by atoms with Crippen LogP contribution in [0.1, 0.15) is 36.9 Å². The van der Waals surface area contributed by atoms with Crippen molar-refractivity contribution >= 4 is 32.7 Å². The van der Waals surface area contributed by atoms with E-state index in [9.17, 15) is 4.79 Å². The lowest BCUT2D eigenvalue weighted by Gasteiger charge is -2.33. The molecule has 1 aliphatic rings. The van der Waals surface area contributed by atoms with Gasteiger partial charge in [-0.1, -0.05) is 40.2 Å². The van der Waals surface area contributed by atoms with Crippen molar-refractivity contribution in [3.63, 3.8) is 0 Å². The van der Waals surface area contributed by atoms with Gasteiger partial charge < -0.3 is 14.8 Å². The van der Waals surface area contributed by atoms with Crippen LogP contribution in [-0.4, -0.2) is 35.0 Å². The number of hydrogen-bond acceptors (Lipinski definition) is 2. The molecule has 5 heteroatoms. The van der Waals surface area contributed by atoms with Crippen molar-refractivity contribution in [2.45, 2.75) is 38.8 Å². The zero-order valence-corrected chi connectivity index (χ0v) is 18.5. The maximum Gasteiger partial charge on any atom is 0.217 e. The third-order valence-electron chi connectivity index (χ3n) is 5.91. The molecule has 3 aromatic rings. The van der Waals surface area contributed by atoms with Crippen molar-refractivity contribution in [2.75, 3.05) is 19.6 Å². The Kier molecular flexibility index (Phi) is 6.36. The fourth-order valence-electron chi connectivity index (χ4n) is 4.21. The zero-order valence-electron chi connectivity index (χ0n) is 16.9. The van der Waals surface area contributed by atoms with Crippen LogP contribution in [0, 0.1) is 0 Å². The predicted molar refractivity (Wildman–Crippen MR) is 122 cm³/mol. The van der Waals surface area contributed by atoms with Crippen LogP contribution >= 0.6 is 15.9 Å². The lowest BCUT2D eigenvalue weighted by atomic mass is 10.0. The first-order valence-corrected chi connectivity index (χ1v) is 11.2. The van der Waals surface area contributed by atoms with Crippen molar-refractivity contribution < 1.29 is 4.79 Å². The van der Waals surface area contributed by atoms with Gasteiger partial charge in [0.05, 0.1) is 0 Å². The number of amides is 1. The first-order valence-electron chi connectivity index (χ1n) is 10.4. The Morgan fingerprint density at radius 3 is 2.52 bits per heavy atom. The minimum Gasteiger partial charge on any atom is -0.352 e. The van der Waals surface area contributed by atoms with Gasteiger partial charge in [0.2, 0.25) is 5.91 Å². The second-order valence-corrected chi connectivity index (χ2v) is 8.89. The third kappa shape index (κ3) is 5.09. The monoisotopic (exact) mass is 453 g/mol. The van der Waals surface area contributed by atoms with E-state index in [0.717, 1.165) is 36.1 Å². The number of nitrogens with zero attached hydrogens (tertiary/aromatic N) is 2. The summed E-state index contributed by atoms with van der Waals surface area (Å²) < 4.78 is 3.58. The third-order valence-corrected chi connectivity index (χ3v) is 6.44. The van der Waals surface area contributed by atoms with Crippen LogP contribution in [0.25, 0.3) is 10.9 Å². The van der Waals surface area contributed by atoms with E-state index in [4.69, 9.17) is 0 Å². The highest BCUT2D eigenvalue weighted by molar-refractivity contribution is 9.10. The van der Waals surface area contributed by atoms with Gasteiger partial charge in [-0.15, -0.1) is 0 Å². The number of rotatable bonds is 6. The SMILES string of the molecule is CC(=O)NCc1ccc2ccn(C3CCN(CCc4ccc(Br)cc4)CC3)c2c1. The molecule has 29 heavy (non-hydrogen) atoms. The standard InChI is InChI=1S/C24H28BrN3O/c1-18(29)26-17-20-2-5-21-9-15-28(24(21)16-20)23-10-13-27(14-11-23)12-8-19-3-6-22(25)7-4-19/h2-7,9,15-16,23H,8,10-14,17H2,1H3,(H,26,29). The van der Waals surface area contributed by atoms with E-state index in [0.29, 0.717) is 12.6 Å². The van der Waals surface area contributed by atoms with Gasteiger partial charge >= 0.3 is 0 Å². The molecule has 2 aromatic carbocycles. The largest absolute Gasteiger partial charge is 0.352 e. The molecule has 1 amide bonds. The first kappa shape index (κ1) is 20.2. The number of likely N-dealkylation sites (tertiary alicyclic amines) is 1. The van der Waals surface area contributed by atoms with Crippen LogP contribution in [0.4, 0.5) is 0 Å². The minimum atomic E-state index is 0.0102. The Hall–Kier alpha value is -2.11. The van der Waals surface area contributed by atoms with Crippen molar-refractivity contribution in [2.24, 2.45) is 0 Å². The molecule has 4 nitrogen and oxygen atoms in total. The summed E-state index contributed by atoms with van der Waals surface area (Å²) in [6.45, 7) is 5.57. The highest BCUT2D eigenvalue weighted by atomic mass is 79.9. The molecular weight excluding hydrogens is 426 g/mol. The Morgan fingerprint density at radius 1 is 1.07 bits per heavy atom. The number of aromatic nitrogens is 1. The van der Waals surface area contributed by atoms with Gasteiger partial charge in [0, 0.05) is 55.3 Å². The number of benzene rings is 2. The van der Waals surface area contributed by atoms with Crippen LogP contribution < -0.4 is 5.32 Å². The molecule has 0 atom stereocenters. The second-order valence-electron chi connectivity index (χ2n) is 7.98. The molecule has 0 spiro atoms. The number of nitrogens with one attached hydrogen (secondary N) is 1. The number of carbonyl (C=O) groups is 1. The number of halogens is 1. The van der Waals surface area contributed by atoms with Crippen molar-refractivity contribution in [1.82, 2.24) is 14.8 Å². The lowest BCUT2D eigenvalue weighted by Crippen LogP contribution is -2.35. The van der Waals surface area contributed by atoms with E-state index in [1.54, 1.807) is 6.92 Å². The van der Waals surface area contributed by atoms with Crippen LogP contribution in [0.5, 0.6) is 0 Å². The average Bonchev–Trinajstić information content (AvgIpc) is 3.15. The number of piperidine rings is 1. The summed E-state index contributed by atoms with van der Waals surface area (Å²) in [4.78, 5) is 13.8. The molecule has 1 saturated heterocycles. The molecule has 1 N–H and O–H groups in total. The second kappa shape index (κ2) is 9.14. The molecule has 152 valence electrons. The Balaban J connectivity index is 1.36. The van der Waals surface area contributed by atoms with Crippen molar-refractivity contribution in [1.29, 1.82) is 0 Å². The molecule has 0 saturated carbocycles. The summed E-state index contributed by atoms with van der Waals surface area (Å²) in [7, 11) is 0. The summed E-state index contributed by atoms with van der Waals surface area (Å²) >= 11 is 3.50. The van der Waals surface area contributed by atoms with Crippen molar-refractivity contribution in [3.05, 3.63) is 70.3 Å². The molecule has 0 aliphatic carbocycles. The zero-order chi connectivity index (χ0) is 20.2. The highest BCUT2D eigenvalue weighted by Crippen LogP contribution is 2.28. The predicted octanol–water partition coefficient (Wildman–Crippen LogP) is 4.92. The Morgan fingerprint density at radius 2 is 1.79 bits per heavy atom. The van der Waals surface area contributed by atoms with Gasteiger partial charge in [-0.3, -0.25) is 4.79 Å². The summed E-state index contributed by atoms with van der Waals surface area (Å²) in [6.07, 6.45) is 5.70. The maximum atomic E-state index is 11.2. The van der Waals surface area contributed by atoms with Gasteiger partial charge in [-0.05, 0) is 60.0 Å². The Labute approximate surface area is 181 Å². The van der Waals surface area contributed by atoms with Gasteiger partial charge in [0.25, 0.3) is 0 Å². The average molecular weight is 454 g/mol. The molecule has 1 fully saturated rings. The van der Waals surface area contributed by atoms with Gasteiger partial charge in [0.1, 0.15) is 0 Å². The van der Waals surface area contributed by atoms with E-state index in [2.05, 4.69) is 85.4 Å². The van der Waals surface area contributed by atoms with E-state index in [-0.39, 0.29) is 5.91 Å². The fourth-order valence-corrected chi connectivity index (χ4v) is 4.47. The van der Waals surface area contributed by atoms with E-state index in [1.807, 2.05) is 0 Å². The summed E-state index contributed by atoms with van der Waals surface area (Å²) in [5, 5.41) is 4.17. The van der Waals surface area contributed by atoms with Gasteiger partial charge in [0.15, 0.2) is 0 Å². The van der Waals surface area contributed by atoms with Crippen LogP contribution in [0.2, 0.25) is 0 Å². The summed E-state index contributed by atoms with van der Waals surface area (Å²) in [6, 6.07) is 17.9. The summed E-state index contributed by atoms with van der Waals surface area (Å²) in [5.74, 6) is 0.0102.